The van der Waals surface area contributed by atoms with Gasteiger partial charge in [-0.15, -0.1) is 5.10 Å². The zero-order valence-electron chi connectivity index (χ0n) is 13.9. The molecule has 0 radical (unpaired) electrons. The Balaban J connectivity index is 1.51. The van der Waals surface area contributed by atoms with Gasteiger partial charge >= 0.3 is 0 Å². The molecule has 0 bridgehead atoms. The fourth-order valence-corrected chi connectivity index (χ4v) is 2.55. The molecule has 0 fully saturated rings. The number of aryl methyl sites for hydroxylation is 1. The van der Waals surface area contributed by atoms with Gasteiger partial charge in [0.2, 0.25) is 0 Å². The van der Waals surface area contributed by atoms with E-state index in [9.17, 15) is 9.59 Å². The van der Waals surface area contributed by atoms with Crippen molar-refractivity contribution in [1.29, 1.82) is 0 Å². The van der Waals surface area contributed by atoms with Gasteiger partial charge in [-0.2, -0.15) is 0 Å². The second kappa shape index (κ2) is 6.32. The van der Waals surface area contributed by atoms with E-state index in [1.165, 1.54) is 4.68 Å². The molecule has 0 aliphatic carbocycles. The van der Waals surface area contributed by atoms with Crippen molar-refractivity contribution in [2.24, 2.45) is 0 Å². The molecule has 0 saturated carbocycles. The molecule has 2 amide bonds. The van der Waals surface area contributed by atoms with E-state index < -0.39 is 5.91 Å². The standard InChI is InChI=1S/C18H15N5O3/c1-11-2-5-13(6-3-11)23-9-15(21-22-23)18(25)19-12-4-7-16-14(8-12)20-17(24)10-26-16/h2-9H,10H2,1H3,(H,19,25)(H,20,24). The number of carbonyl (C=O) groups is 2. The normalized spacial score (nSPS) is 12.7. The number of amides is 2. The van der Waals surface area contributed by atoms with Gasteiger partial charge in [0.15, 0.2) is 12.3 Å². The maximum atomic E-state index is 12.4. The minimum Gasteiger partial charge on any atom is -0.482 e. The number of anilines is 2. The van der Waals surface area contributed by atoms with Gasteiger partial charge in [0.05, 0.1) is 17.6 Å². The molecule has 1 aromatic heterocycles. The highest BCUT2D eigenvalue weighted by atomic mass is 16.5. The van der Waals surface area contributed by atoms with Gasteiger partial charge < -0.3 is 15.4 Å². The number of aromatic nitrogens is 3. The van der Waals surface area contributed by atoms with E-state index in [1.54, 1.807) is 24.4 Å². The van der Waals surface area contributed by atoms with Crippen LogP contribution in [0.1, 0.15) is 16.1 Å². The molecule has 26 heavy (non-hydrogen) atoms. The summed E-state index contributed by atoms with van der Waals surface area (Å²) in [6, 6.07) is 12.7. The van der Waals surface area contributed by atoms with Gasteiger partial charge in [-0.3, -0.25) is 9.59 Å². The Morgan fingerprint density at radius 1 is 1.23 bits per heavy atom. The van der Waals surface area contributed by atoms with Crippen molar-refractivity contribution < 1.29 is 14.3 Å². The van der Waals surface area contributed by atoms with Crippen molar-refractivity contribution >= 4 is 23.2 Å². The summed E-state index contributed by atoms with van der Waals surface area (Å²) in [5.41, 5.74) is 3.17. The summed E-state index contributed by atoms with van der Waals surface area (Å²) in [6.45, 7) is 1.98. The third kappa shape index (κ3) is 3.12. The fourth-order valence-electron chi connectivity index (χ4n) is 2.55. The highest BCUT2D eigenvalue weighted by molar-refractivity contribution is 6.03. The second-order valence-corrected chi connectivity index (χ2v) is 5.89. The van der Waals surface area contributed by atoms with Crippen LogP contribution in [0.5, 0.6) is 5.75 Å². The number of ether oxygens (including phenoxy) is 1. The summed E-state index contributed by atoms with van der Waals surface area (Å²) < 4.78 is 6.83. The van der Waals surface area contributed by atoms with Crippen LogP contribution in [-0.4, -0.2) is 33.4 Å². The van der Waals surface area contributed by atoms with Gasteiger partial charge in [0.25, 0.3) is 11.8 Å². The first-order valence-electron chi connectivity index (χ1n) is 7.96. The Hall–Kier alpha value is -3.68. The average Bonchev–Trinajstić information content (AvgIpc) is 3.12. The average molecular weight is 349 g/mol. The molecule has 8 heteroatoms. The van der Waals surface area contributed by atoms with Crippen LogP contribution >= 0.6 is 0 Å². The first-order chi connectivity index (χ1) is 12.6. The van der Waals surface area contributed by atoms with Gasteiger partial charge in [0.1, 0.15) is 5.75 Å². The van der Waals surface area contributed by atoms with E-state index >= 15 is 0 Å². The number of fused-ring (bicyclic) bond motifs is 1. The second-order valence-electron chi connectivity index (χ2n) is 5.89. The summed E-state index contributed by atoms with van der Waals surface area (Å²) in [4.78, 5) is 23.8. The number of nitrogens with zero attached hydrogens (tertiary/aromatic N) is 3. The highest BCUT2D eigenvalue weighted by Gasteiger charge is 2.17. The lowest BCUT2D eigenvalue weighted by Gasteiger charge is -2.18. The molecule has 8 nitrogen and oxygen atoms in total. The molecule has 1 aliphatic rings. The van der Waals surface area contributed by atoms with E-state index in [4.69, 9.17) is 4.74 Å². The molecule has 1 aliphatic heterocycles. The van der Waals surface area contributed by atoms with Gasteiger partial charge in [-0.05, 0) is 37.3 Å². The number of nitrogens with one attached hydrogen (secondary N) is 2. The third-order valence-corrected chi connectivity index (χ3v) is 3.89. The maximum Gasteiger partial charge on any atom is 0.277 e. The molecule has 130 valence electrons. The van der Waals surface area contributed by atoms with E-state index in [-0.39, 0.29) is 18.2 Å². The fraction of sp³-hybridized carbons (Fsp3) is 0.111. The van der Waals surface area contributed by atoms with Crippen LogP contribution in [0.2, 0.25) is 0 Å². The number of hydrogen-bond donors (Lipinski definition) is 2. The summed E-state index contributed by atoms with van der Waals surface area (Å²) in [5.74, 6) is -0.0682. The quantitative estimate of drug-likeness (QED) is 0.755. The SMILES string of the molecule is Cc1ccc(-n2cc(C(=O)Nc3ccc4c(c3)NC(=O)CO4)nn2)cc1. The van der Waals surface area contributed by atoms with E-state index in [0.717, 1.165) is 11.3 Å². The molecule has 0 atom stereocenters. The molecule has 2 N–H and O–H groups in total. The lowest BCUT2D eigenvalue weighted by atomic mass is 10.2. The van der Waals surface area contributed by atoms with Crippen molar-refractivity contribution in [1.82, 2.24) is 15.0 Å². The number of carbonyl (C=O) groups excluding carboxylic acids is 2. The summed E-state index contributed by atoms with van der Waals surface area (Å²) in [7, 11) is 0. The Morgan fingerprint density at radius 3 is 2.85 bits per heavy atom. The van der Waals surface area contributed by atoms with Crippen LogP contribution in [-0.2, 0) is 4.79 Å². The van der Waals surface area contributed by atoms with Crippen LogP contribution < -0.4 is 15.4 Å². The zero-order chi connectivity index (χ0) is 18.1. The third-order valence-electron chi connectivity index (χ3n) is 3.89. The number of hydrogen-bond acceptors (Lipinski definition) is 5. The minimum absolute atomic E-state index is 0.0131. The first-order valence-corrected chi connectivity index (χ1v) is 7.96. The maximum absolute atomic E-state index is 12.4. The zero-order valence-corrected chi connectivity index (χ0v) is 13.9. The molecule has 4 rings (SSSR count). The van der Waals surface area contributed by atoms with Gasteiger partial charge in [-0.1, -0.05) is 22.9 Å². The molecule has 2 heterocycles. The topological polar surface area (TPSA) is 98.1 Å². The number of rotatable bonds is 3. The Labute approximate surface area is 148 Å². The Bertz CT molecular complexity index is 994. The number of benzene rings is 2. The molecular formula is C18H15N5O3. The highest BCUT2D eigenvalue weighted by Crippen LogP contribution is 2.30. The van der Waals surface area contributed by atoms with Gasteiger partial charge in [0, 0.05) is 5.69 Å². The van der Waals surface area contributed by atoms with Crippen LogP contribution in [0.4, 0.5) is 11.4 Å². The monoisotopic (exact) mass is 349 g/mol. The first kappa shape index (κ1) is 15.8. The van der Waals surface area contributed by atoms with Crippen molar-refractivity contribution in [3.63, 3.8) is 0 Å². The summed E-state index contributed by atoms with van der Waals surface area (Å²) in [5, 5.41) is 13.3. The van der Waals surface area contributed by atoms with Crippen LogP contribution in [0.3, 0.4) is 0 Å². The molecule has 3 aromatic rings. The van der Waals surface area contributed by atoms with Crippen LogP contribution in [0.15, 0.2) is 48.7 Å². The van der Waals surface area contributed by atoms with Crippen LogP contribution in [0.25, 0.3) is 5.69 Å². The predicted molar refractivity (Wildman–Crippen MR) is 94.6 cm³/mol. The molecule has 2 aromatic carbocycles. The minimum atomic E-state index is -0.397. The Morgan fingerprint density at radius 2 is 2.04 bits per heavy atom. The van der Waals surface area contributed by atoms with E-state index in [1.807, 2.05) is 31.2 Å². The predicted octanol–water partition coefficient (Wildman–Crippen LogP) is 2.16. The molecule has 0 spiro atoms. The molecular weight excluding hydrogens is 334 g/mol. The lowest BCUT2D eigenvalue weighted by Crippen LogP contribution is -2.25. The van der Waals surface area contributed by atoms with Crippen molar-refractivity contribution in [3.05, 3.63) is 59.9 Å². The van der Waals surface area contributed by atoms with E-state index in [2.05, 4.69) is 20.9 Å². The van der Waals surface area contributed by atoms with Crippen LogP contribution in [0, 0.1) is 6.92 Å². The largest absolute Gasteiger partial charge is 0.482 e. The summed E-state index contributed by atoms with van der Waals surface area (Å²) >= 11 is 0. The molecule has 0 unspecified atom stereocenters. The van der Waals surface area contributed by atoms with Crippen molar-refractivity contribution in [2.75, 3.05) is 17.2 Å². The van der Waals surface area contributed by atoms with E-state index in [0.29, 0.717) is 17.1 Å². The lowest BCUT2D eigenvalue weighted by molar-refractivity contribution is -0.118. The smallest absolute Gasteiger partial charge is 0.277 e. The molecule has 0 saturated heterocycles. The Kier molecular flexibility index (Phi) is 3.85. The van der Waals surface area contributed by atoms with Gasteiger partial charge in [-0.25, -0.2) is 4.68 Å². The van der Waals surface area contributed by atoms with Crippen molar-refractivity contribution in [2.45, 2.75) is 6.92 Å². The summed E-state index contributed by atoms with van der Waals surface area (Å²) in [6.07, 6.45) is 1.56. The van der Waals surface area contributed by atoms with Crippen molar-refractivity contribution in [3.8, 4) is 11.4 Å².